The van der Waals surface area contributed by atoms with E-state index >= 15 is 0 Å². The largest absolute Gasteiger partial charge is 0.374 e. The van der Waals surface area contributed by atoms with Crippen LogP contribution in [0.3, 0.4) is 0 Å². The number of nitrogens with two attached hydrogens (primary N) is 1. The summed E-state index contributed by atoms with van der Waals surface area (Å²) in [5.74, 6) is 0. The first-order chi connectivity index (χ1) is 11.2. The third-order valence-corrected chi connectivity index (χ3v) is 4.68. The Labute approximate surface area is 144 Å². The Kier molecular flexibility index (Phi) is 5.08. The van der Waals surface area contributed by atoms with E-state index in [4.69, 9.17) is 10.5 Å². The Morgan fingerprint density at radius 1 is 1.30 bits per heavy atom. The highest BCUT2D eigenvalue weighted by Gasteiger charge is 2.49. The molecule has 2 heterocycles. The van der Waals surface area contributed by atoms with Gasteiger partial charge in [0.1, 0.15) is 6.23 Å². The molecule has 5 nitrogen and oxygen atoms in total. The maximum atomic E-state index is 11.1. The molecule has 0 saturated carbocycles. The third kappa shape index (κ3) is 3.05. The molecule has 122 valence electrons. The minimum Gasteiger partial charge on any atom is -0.374 e. The number of benzene rings is 1. The fourth-order valence-electron chi connectivity index (χ4n) is 3.04. The molecule has 1 aliphatic rings. The number of rotatable bonds is 4. The Morgan fingerprint density at radius 3 is 2.74 bits per heavy atom. The van der Waals surface area contributed by atoms with Crippen molar-refractivity contribution in [3.8, 4) is 0 Å². The summed E-state index contributed by atoms with van der Waals surface area (Å²) in [6.07, 6.45) is 0.865. The van der Waals surface area contributed by atoms with Crippen LogP contribution in [0.5, 0.6) is 0 Å². The second kappa shape index (κ2) is 7.07. The van der Waals surface area contributed by atoms with E-state index in [1.54, 1.807) is 6.20 Å². The van der Waals surface area contributed by atoms with Crippen LogP contribution in [-0.2, 0) is 10.3 Å². The molecule has 3 N–H and O–H groups in total. The van der Waals surface area contributed by atoms with Crippen molar-refractivity contribution < 1.29 is 9.84 Å². The number of aliphatic hydroxyl groups is 1. The highest BCUT2D eigenvalue weighted by Crippen LogP contribution is 2.39. The molecule has 1 aromatic heterocycles. The average molecular weight is 378 g/mol. The molecule has 0 amide bonds. The average Bonchev–Trinajstić information content (AvgIpc) is 2.59. The number of halogens is 1. The van der Waals surface area contributed by atoms with Gasteiger partial charge < -0.3 is 15.6 Å². The number of ether oxygens (including phenoxy) is 1. The van der Waals surface area contributed by atoms with Crippen LogP contribution in [0, 0.1) is 0 Å². The molecule has 1 fully saturated rings. The molecule has 3 rings (SSSR count). The number of hydrogen-bond donors (Lipinski definition) is 2. The SMILES string of the molecule is NCCN1CCOC(c2ccc(Br)cc2)(c2ccccn2)C1O. The van der Waals surface area contributed by atoms with Gasteiger partial charge in [-0.25, -0.2) is 0 Å². The van der Waals surface area contributed by atoms with Crippen molar-refractivity contribution in [3.63, 3.8) is 0 Å². The lowest BCUT2D eigenvalue weighted by molar-refractivity contribution is -0.206. The van der Waals surface area contributed by atoms with Crippen LogP contribution in [0.15, 0.2) is 53.1 Å². The van der Waals surface area contributed by atoms with E-state index in [9.17, 15) is 5.11 Å². The molecular formula is C17H20BrN3O2. The quantitative estimate of drug-likeness (QED) is 0.848. The van der Waals surface area contributed by atoms with Crippen LogP contribution in [0.2, 0.25) is 0 Å². The van der Waals surface area contributed by atoms with E-state index in [2.05, 4.69) is 20.9 Å². The molecule has 1 aliphatic heterocycles. The van der Waals surface area contributed by atoms with Crippen LogP contribution in [0.1, 0.15) is 11.3 Å². The van der Waals surface area contributed by atoms with Crippen molar-refractivity contribution in [1.82, 2.24) is 9.88 Å². The van der Waals surface area contributed by atoms with Gasteiger partial charge >= 0.3 is 0 Å². The zero-order chi connectivity index (χ0) is 16.3. The molecule has 0 bridgehead atoms. The molecule has 0 radical (unpaired) electrons. The van der Waals surface area contributed by atoms with Crippen LogP contribution in [-0.4, -0.2) is 47.5 Å². The first-order valence-electron chi connectivity index (χ1n) is 7.62. The highest BCUT2D eigenvalue weighted by atomic mass is 79.9. The van der Waals surface area contributed by atoms with E-state index in [1.807, 2.05) is 47.4 Å². The summed E-state index contributed by atoms with van der Waals surface area (Å²) in [6, 6.07) is 13.4. The van der Waals surface area contributed by atoms with Crippen molar-refractivity contribution >= 4 is 15.9 Å². The summed E-state index contributed by atoms with van der Waals surface area (Å²) in [7, 11) is 0. The van der Waals surface area contributed by atoms with Gasteiger partial charge in [0.05, 0.1) is 12.3 Å². The molecule has 2 atom stereocenters. The van der Waals surface area contributed by atoms with Crippen molar-refractivity contribution in [1.29, 1.82) is 0 Å². The monoisotopic (exact) mass is 377 g/mol. The lowest BCUT2D eigenvalue weighted by Gasteiger charge is -2.46. The molecule has 2 unspecified atom stereocenters. The number of hydrogen-bond acceptors (Lipinski definition) is 5. The normalized spacial score (nSPS) is 25.4. The lowest BCUT2D eigenvalue weighted by Crippen LogP contribution is -2.59. The minimum atomic E-state index is -1.02. The predicted octanol–water partition coefficient (Wildman–Crippen LogP) is 1.70. The zero-order valence-corrected chi connectivity index (χ0v) is 14.3. The van der Waals surface area contributed by atoms with E-state index in [0.29, 0.717) is 31.9 Å². The molecule has 1 saturated heterocycles. The van der Waals surface area contributed by atoms with Crippen LogP contribution < -0.4 is 5.73 Å². The van der Waals surface area contributed by atoms with Gasteiger partial charge in [-0.1, -0.05) is 34.1 Å². The molecule has 6 heteroatoms. The lowest BCUT2D eigenvalue weighted by atomic mass is 9.86. The number of morpholine rings is 1. The van der Waals surface area contributed by atoms with Crippen LogP contribution in [0.4, 0.5) is 0 Å². The van der Waals surface area contributed by atoms with Crippen LogP contribution >= 0.6 is 15.9 Å². The zero-order valence-electron chi connectivity index (χ0n) is 12.7. The summed E-state index contributed by atoms with van der Waals surface area (Å²) in [5, 5.41) is 11.1. The second-order valence-corrected chi connectivity index (χ2v) is 6.42. The molecular weight excluding hydrogens is 358 g/mol. The van der Waals surface area contributed by atoms with Gasteiger partial charge in [-0.3, -0.25) is 9.88 Å². The van der Waals surface area contributed by atoms with Gasteiger partial charge in [-0.05, 0) is 29.8 Å². The third-order valence-electron chi connectivity index (χ3n) is 4.15. The van der Waals surface area contributed by atoms with Gasteiger partial charge in [-0.15, -0.1) is 0 Å². The van der Waals surface area contributed by atoms with Gasteiger partial charge in [0.2, 0.25) is 0 Å². The Balaban J connectivity index is 2.12. The summed E-state index contributed by atoms with van der Waals surface area (Å²) in [5.41, 5.74) is 6.23. The van der Waals surface area contributed by atoms with Gasteiger partial charge in [-0.2, -0.15) is 0 Å². The first kappa shape index (κ1) is 16.5. The van der Waals surface area contributed by atoms with E-state index in [-0.39, 0.29) is 0 Å². The van der Waals surface area contributed by atoms with E-state index in [1.165, 1.54) is 0 Å². The summed E-state index contributed by atoms with van der Waals surface area (Å²) in [6.45, 7) is 2.23. The van der Waals surface area contributed by atoms with Gasteiger partial charge in [0.15, 0.2) is 5.60 Å². The van der Waals surface area contributed by atoms with E-state index < -0.39 is 11.8 Å². The number of nitrogens with zero attached hydrogens (tertiary/aromatic N) is 2. The standard InChI is InChI=1S/C17H20BrN3O2/c18-14-6-4-13(5-7-14)17(15-3-1-2-9-20-15)16(22)21(10-8-19)11-12-23-17/h1-7,9,16,22H,8,10-12,19H2. The number of pyridine rings is 1. The van der Waals surface area contributed by atoms with Crippen molar-refractivity contribution in [2.24, 2.45) is 5.73 Å². The summed E-state index contributed by atoms with van der Waals surface area (Å²) >= 11 is 3.45. The first-order valence-corrected chi connectivity index (χ1v) is 8.41. The Morgan fingerprint density at radius 2 is 2.09 bits per heavy atom. The van der Waals surface area contributed by atoms with Crippen molar-refractivity contribution in [3.05, 3.63) is 64.4 Å². The summed E-state index contributed by atoms with van der Waals surface area (Å²) < 4.78 is 7.13. The predicted molar refractivity (Wildman–Crippen MR) is 91.7 cm³/mol. The van der Waals surface area contributed by atoms with E-state index in [0.717, 1.165) is 10.0 Å². The second-order valence-electron chi connectivity index (χ2n) is 5.50. The number of aromatic nitrogens is 1. The molecule has 1 aromatic carbocycles. The highest BCUT2D eigenvalue weighted by molar-refractivity contribution is 9.10. The van der Waals surface area contributed by atoms with Gasteiger partial charge in [0, 0.05) is 30.3 Å². The van der Waals surface area contributed by atoms with Crippen molar-refractivity contribution in [2.75, 3.05) is 26.2 Å². The smallest absolute Gasteiger partial charge is 0.174 e. The fraction of sp³-hybridized carbons (Fsp3) is 0.353. The maximum absolute atomic E-state index is 11.1. The Hall–Kier alpha value is -1.31. The van der Waals surface area contributed by atoms with Crippen LogP contribution in [0.25, 0.3) is 0 Å². The van der Waals surface area contributed by atoms with Gasteiger partial charge in [0.25, 0.3) is 0 Å². The Bertz CT molecular complexity index is 636. The molecule has 0 spiro atoms. The topological polar surface area (TPSA) is 71.6 Å². The maximum Gasteiger partial charge on any atom is 0.174 e. The molecule has 23 heavy (non-hydrogen) atoms. The fourth-order valence-corrected chi connectivity index (χ4v) is 3.31. The molecule has 2 aromatic rings. The van der Waals surface area contributed by atoms with Crippen molar-refractivity contribution in [2.45, 2.75) is 11.8 Å². The minimum absolute atomic E-state index is 0.482. The molecule has 0 aliphatic carbocycles. The number of aliphatic hydroxyl groups excluding tert-OH is 1. The summed E-state index contributed by atoms with van der Waals surface area (Å²) in [4.78, 5) is 6.41.